The van der Waals surface area contributed by atoms with Crippen LogP contribution in [0, 0.1) is 0 Å². The molecule has 0 bridgehead atoms. The molecular formula is C8H9NO4. The van der Waals surface area contributed by atoms with Crippen LogP contribution in [0.1, 0.15) is 18.7 Å². The van der Waals surface area contributed by atoms with Gasteiger partial charge in [-0.15, -0.1) is 0 Å². The van der Waals surface area contributed by atoms with Gasteiger partial charge in [0.15, 0.2) is 0 Å². The van der Waals surface area contributed by atoms with Crippen molar-refractivity contribution in [3.8, 4) is 0 Å². The lowest BCUT2D eigenvalue weighted by Gasteiger charge is -2.08. The van der Waals surface area contributed by atoms with Crippen molar-refractivity contribution in [2.75, 3.05) is 0 Å². The van der Waals surface area contributed by atoms with Crippen LogP contribution in [0.5, 0.6) is 0 Å². The van der Waals surface area contributed by atoms with Crippen molar-refractivity contribution in [3.63, 3.8) is 0 Å². The van der Waals surface area contributed by atoms with Crippen LogP contribution in [-0.2, 0) is 9.59 Å². The van der Waals surface area contributed by atoms with Gasteiger partial charge in [0.2, 0.25) is 0 Å². The summed E-state index contributed by atoms with van der Waals surface area (Å²) in [5.74, 6) is -2.02. The summed E-state index contributed by atoms with van der Waals surface area (Å²) in [6.07, 6.45) is 1.46. The first-order chi connectivity index (χ1) is 6.11. The van der Waals surface area contributed by atoms with E-state index in [1.807, 2.05) is 0 Å². The number of carbonyl (C=O) groups is 2. The van der Waals surface area contributed by atoms with Crippen LogP contribution in [0.2, 0.25) is 0 Å². The highest BCUT2D eigenvalue weighted by molar-refractivity contribution is 6.31. The Labute approximate surface area is 74.4 Å². The summed E-state index contributed by atoms with van der Waals surface area (Å²) in [4.78, 5) is 20.9. The summed E-state index contributed by atoms with van der Waals surface area (Å²) in [6, 6.07) is 2.89. The van der Waals surface area contributed by atoms with Gasteiger partial charge in [-0.3, -0.25) is 4.79 Å². The maximum absolute atomic E-state index is 10.7. The minimum absolute atomic E-state index is 0.432. The highest BCUT2D eigenvalue weighted by atomic mass is 16.4. The molecule has 0 fully saturated rings. The van der Waals surface area contributed by atoms with E-state index in [4.69, 9.17) is 9.52 Å². The van der Waals surface area contributed by atoms with Crippen LogP contribution in [0.25, 0.3) is 0 Å². The van der Waals surface area contributed by atoms with E-state index in [0.29, 0.717) is 5.76 Å². The van der Waals surface area contributed by atoms with Crippen LogP contribution >= 0.6 is 0 Å². The Morgan fingerprint density at radius 1 is 1.62 bits per heavy atom. The van der Waals surface area contributed by atoms with Crippen molar-refractivity contribution in [2.24, 2.45) is 0 Å². The zero-order valence-corrected chi connectivity index (χ0v) is 6.98. The van der Waals surface area contributed by atoms with Gasteiger partial charge in [0.05, 0.1) is 12.3 Å². The molecule has 13 heavy (non-hydrogen) atoms. The Morgan fingerprint density at radius 2 is 2.31 bits per heavy atom. The maximum Gasteiger partial charge on any atom is 0.394 e. The Balaban J connectivity index is 2.56. The summed E-state index contributed by atoms with van der Waals surface area (Å²) in [5, 5.41) is 10.5. The van der Waals surface area contributed by atoms with Crippen LogP contribution in [-0.4, -0.2) is 17.0 Å². The zero-order chi connectivity index (χ0) is 9.84. The number of hydrogen-bond donors (Lipinski definition) is 2. The number of aliphatic carboxylic acids is 1. The van der Waals surface area contributed by atoms with Crippen LogP contribution in [0.4, 0.5) is 0 Å². The molecule has 0 aliphatic carbocycles. The predicted molar refractivity (Wildman–Crippen MR) is 42.9 cm³/mol. The minimum atomic E-state index is -1.50. The van der Waals surface area contributed by atoms with Gasteiger partial charge in [0.25, 0.3) is 0 Å². The SMILES string of the molecule is CC(NC(=O)C(=O)O)c1ccco1. The lowest BCUT2D eigenvalue weighted by Crippen LogP contribution is -2.32. The number of nitrogens with one attached hydrogen (secondary N) is 1. The van der Waals surface area contributed by atoms with E-state index in [1.54, 1.807) is 19.1 Å². The largest absolute Gasteiger partial charge is 0.474 e. The smallest absolute Gasteiger partial charge is 0.394 e. The summed E-state index contributed by atoms with van der Waals surface area (Å²) in [5.41, 5.74) is 0. The Bertz CT molecular complexity index is 304. The number of rotatable bonds is 2. The average Bonchev–Trinajstić information content (AvgIpc) is 2.55. The normalized spacial score (nSPS) is 12.1. The molecule has 2 N–H and O–H groups in total. The fourth-order valence-electron chi connectivity index (χ4n) is 0.867. The van der Waals surface area contributed by atoms with Crippen molar-refractivity contribution in [3.05, 3.63) is 24.2 Å². The summed E-state index contributed by atoms with van der Waals surface area (Å²) >= 11 is 0. The Morgan fingerprint density at radius 3 is 2.77 bits per heavy atom. The van der Waals surface area contributed by atoms with E-state index in [1.165, 1.54) is 6.26 Å². The van der Waals surface area contributed by atoms with Gasteiger partial charge in [-0.1, -0.05) is 0 Å². The van der Waals surface area contributed by atoms with Gasteiger partial charge in [0, 0.05) is 0 Å². The molecule has 1 unspecified atom stereocenters. The number of carboxylic acids is 1. The molecule has 0 aliphatic rings. The van der Waals surface area contributed by atoms with Crippen molar-refractivity contribution in [1.82, 2.24) is 5.32 Å². The van der Waals surface area contributed by atoms with Gasteiger partial charge in [0.1, 0.15) is 5.76 Å². The summed E-state index contributed by atoms with van der Waals surface area (Å²) in [6.45, 7) is 1.64. The van der Waals surface area contributed by atoms with Gasteiger partial charge in [-0.25, -0.2) is 4.79 Å². The highest BCUT2D eigenvalue weighted by Crippen LogP contribution is 2.11. The van der Waals surface area contributed by atoms with Crippen molar-refractivity contribution < 1.29 is 19.1 Å². The van der Waals surface area contributed by atoms with Crippen LogP contribution in [0.3, 0.4) is 0 Å². The number of furan rings is 1. The molecule has 0 saturated heterocycles. The Hall–Kier alpha value is -1.78. The third kappa shape index (κ3) is 2.33. The second kappa shape index (κ2) is 3.75. The molecule has 1 aromatic heterocycles. The quantitative estimate of drug-likeness (QED) is 0.656. The third-order valence-electron chi connectivity index (χ3n) is 1.51. The van der Waals surface area contributed by atoms with Crippen molar-refractivity contribution >= 4 is 11.9 Å². The minimum Gasteiger partial charge on any atom is -0.474 e. The zero-order valence-electron chi connectivity index (χ0n) is 6.98. The summed E-state index contributed by atoms with van der Waals surface area (Å²) < 4.78 is 4.97. The fraction of sp³-hybridized carbons (Fsp3) is 0.250. The van der Waals surface area contributed by atoms with Gasteiger partial charge in [-0.2, -0.15) is 0 Å². The maximum atomic E-state index is 10.7. The third-order valence-corrected chi connectivity index (χ3v) is 1.51. The van der Waals surface area contributed by atoms with E-state index in [2.05, 4.69) is 5.32 Å². The molecule has 0 aliphatic heterocycles. The molecule has 0 radical (unpaired) electrons. The molecule has 0 spiro atoms. The lowest BCUT2D eigenvalue weighted by molar-refractivity contribution is -0.150. The number of carboxylic acid groups (broad SMARTS) is 1. The predicted octanol–water partition coefficient (Wildman–Crippen LogP) is 0.541. The monoisotopic (exact) mass is 183 g/mol. The first-order valence-corrected chi connectivity index (χ1v) is 3.68. The average molecular weight is 183 g/mol. The van der Waals surface area contributed by atoms with Crippen LogP contribution in [0.15, 0.2) is 22.8 Å². The lowest BCUT2D eigenvalue weighted by atomic mass is 10.2. The number of carbonyl (C=O) groups excluding carboxylic acids is 1. The van der Waals surface area contributed by atoms with Gasteiger partial charge < -0.3 is 14.8 Å². The summed E-state index contributed by atoms with van der Waals surface area (Å²) in [7, 11) is 0. The molecule has 1 aromatic rings. The first-order valence-electron chi connectivity index (χ1n) is 3.68. The van der Waals surface area contributed by atoms with E-state index in [9.17, 15) is 9.59 Å². The Kier molecular flexibility index (Phi) is 2.69. The number of hydrogen-bond acceptors (Lipinski definition) is 3. The van der Waals surface area contributed by atoms with E-state index in [-0.39, 0.29) is 0 Å². The topological polar surface area (TPSA) is 79.5 Å². The molecule has 5 nitrogen and oxygen atoms in total. The molecule has 5 heteroatoms. The molecule has 0 aromatic carbocycles. The number of amides is 1. The molecule has 1 heterocycles. The molecule has 1 rings (SSSR count). The second-order valence-corrected chi connectivity index (χ2v) is 2.52. The van der Waals surface area contributed by atoms with Crippen molar-refractivity contribution in [1.29, 1.82) is 0 Å². The molecular weight excluding hydrogens is 174 g/mol. The van der Waals surface area contributed by atoms with E-state index < -0.39 is 17.9 Å². The molecule has 1 amide bonds. The standard InChI is InChI=1S/C8H9NO4/c1-5(6-3-2-4-13-6)9-7(10)8(11)12/h2-5H,1H3,(H,9,10)(H,11,12). The molecule has 70 valence electrons. The van der Waals surface area contributed by atoms with E-state index in [0.717, 1.165) is 0 Å². The molecule has 0 saturated carbocycles. The highest BCUT2D eigenvalue weighted by Gasteiger charge is 2.16. The fourth-order valence-corrected chi connectivity index (χ4v) is 0.867. The van der Waals surface area contributed by atoms with Gasteiger partial charge in [-0.05, 0) is 19.1 Å². The van der Waals surface area contributed by atoms with Crippen molar-refractivity contribution in [2.45, 2.75) is 13.0 Å². The molecule has 1 atom stereocenters. The van der Waals surface area contributed by atoms with Crippen LogP contribution < -0.4 is 5.32 Å². The van der Waals surface area contributed by atoms with E-state index >= 15 is 0 Å². The second-order valence-electron chi connectivity index (χ2n) is 2.52. The van der Waals surface area contributed by atoms with Gasteiger partial charge >= 0.3 is 11.9 Å². The first kappa shape index (κ1) is 9.31.